The predicted molar refractivity (Wildman–Crippen MR) is 240 cm³/mol. The summed E-state index contributed by atoms with van der Waals surface area (Å²) < 4.78 is 5.68. The molecular weight excluding hydrogens is 699 g/mol. The van der Waals surface area contributed by atoms with Crippen molar-refractivity contribution in [2.45, 2.75) is 104 Å². The van der Waals surface area contributed by atoms with E-state index in [9.17, 15) is 10.2 Å². The molecule has 5 rings (SSSR count). The summed E-state index contributed by atoms with van der Waals surface area (Å²) in [5, 5.41) is 24.8. The minimum Gasteiger partial charge on any atom is -0.507 e. The topological polar surface area (TPSA) is 52.9 Å². The van der Waals surface area contributed by atoms with Crippen LogP contribution in [-0.2, 0) is 39.5 Å². The Hall–Kier alpha value is -4.90. The van der Waals surface area contributed by atoms with E-state index in [-0.39, 0.29) is 10.8 Å². The van der Waals surface area contributed by atoms with Crippen LogP contribution < -0.4 is 0 Å². The van der Waals surface area contributed by atoms with Crippen LogP contribution >= 0.6 is 0 Å². The number of benzene rings is 5. The first kappa shape index (κ1) is 43.2. The first-order valence-electron chi connectivity index (χ1n) is 20.4. The zero-order chi connectivity index (χ0) is 41.6. The Morgan fingerprint density at radius 2 is 0.982 bits per heavy atom. The fourth-order valence-electron chi connectivity index (χ4n) is 7.94. The third-order valence-corrected chi connectivity index (χ3v) is 12.6. The molecule has 0 atom stereocenters. The molecule has 4 nitrogen and oxygen atoms in total. The van der Waals surface area contributed by atoms with Gasteiger partial charge in [-0.15, -0.1) is 0 Å². The fraction of sp³-hybridized carbons (Fsp3) is 0.358. The minimum atomic E-state index is -0.478. The molecule has 5 aromatic rings. The number of phenols is 2. The van der Waals surface area contributed by atoms with Gasteiger partial charge < -0.3 is 14.9 Å². The van der Waals surface area contributed by atoms with Gasteiger partial charge in [0.05, 0.1) is 6.61 Å². The lowest BCUT2D eigenvalue weighted by atomic mass is 9.72. The first-order valence-corrected chi connectivity index (χ1v) is 20.4. The zero-order valence-electron chi connectivity index (χ0n) is 36.3. The maximum atomic E-state index is 12.4. The number of hydrogen-bond acceptors (Lipinski definition) is 4. The zero-order valence-corrected chi connectivity index (χ0v) is 36.3. The van der Waals surface area contributed by atoms with Gasteiger partial charge in [-0.25, -0.2) is 0 Å². The van der Waals surface area contributed by atoms with E-state index in [1.807, 2.05) is 19.1 Å². The van der Waals surface area contributed by atoms with Crippen molar-refractivity contribution in [2.24, 2.45) is 0 Å². The number of hydrogen-bond donors (Lipinski definition) is 2. The molecule has 0 saturated heterocycles. The highest BCUT2D eigenvalue weighted by atomic mass is 16.5. The van der Waals surface area contributed by atoms with Crippen molar-refractivity contribution in [2.75, 3.05) is 20.3 Å². The molecule has 0 fully saturated rings. The van der Waals surface area contributed by atoms with Crippen molar-refractivity contribution in [1.29, 1.82) is 0 Å². The SMILES string of the molecule is C/C=C\C=C(/C)C(C)(C)c1cc(CN(CCOC)Cc2cc(C(C)(C)c3ccccc3)cc(C(C)(C)c3ccccc3)c2O)c(O)c(C(C)(C)c2ccccc2)c1. The molecule has 5 aromatic carbocycles. The largest absolute Gasteiger partial charge is 0.507 e. The molecule has 0 unspecified atom stereocenters. The highest BCUT2D eigenvalue weighted by Crippen LogP contribution is 2.45. The monoisotopic (exact) mass is 763 g/mol. The maximum absolute atomic E-state index is 12.4. The molecule has 0 saturated carbocycles. The van der Waals surface area contributed by atoms with E-state index in [1.165, 1.54) is 11.1 Å². The molecular formula is C53H65NO3. The Kier molecular flexibility index (Phi) is 13.4. The van der Waals surface area contributed by atoms with E-state index in [0.29, 0.717) is 37.7 Å². The molecule has 0 aromatic heterocycles. The molecule has 0 radical (unpaired) electrons. The van der Waals surface area contributed by atoms with Crippen LogP contribution in [0.3, 0.4) is 0 Å². The van der Waals surface area contributed by atoms with Crippen LogP contribution in [0.2, 0.25) is 0 Å². The molecule has 0 amide bonds. The minimum absolute atomic E-state index is 0.300. The number of allylic oxidation sites excluding steroid dienone is 4. The Bertz CT molecular complexity index is 2160. The summed E-state index contributed by atoms with van der Waals surface area (Å²) in [4.78, 5) is 2.30. The molecule has 57 heavy (non-hydrogen) atoms. The van der Waals surface area contributed by atoms with Crippen molar-refractivity contribution >= 4 is 0 Å². The van der Waals surface area contributed by atoms with Crippen molar-refractivity contribution in [3.63, 3.8) is 0 Å². The van der Waals surface area contributed by atoms with Gasteiger partial charge in [-0.2, -0.15) is 0 Å². The normalized spacial score (nSPS) is 13.2. The van der Waals surface area contributed by atoms with Gasteiger partial charge >= 0.3 is 0 Å². The van der Waals surface area contributed by atoms with Crippen LogP contribution in [-0.4, -0.2) is 35.4 Å². The van der Waals surface area contributed by atoms with E-state index in [2.05, 4.69) is 189 Å². The Labute approximate surface area is 343 Å². The molecule has 300 valence electrons. The second-order valence-corrected chi connectivity index (χ2v) is 17.7. The molecule has 0 aliphatic heterocycles. The fourth-order valence-corrected chi connectivity index (χ4v) is 7.94. The quantitative estimate of drug-likeness (QED) is 0.0983. The number of nitrogens with zero attached hydrogens (tertiary/aromatic N) is 1. The standard InChI is InChI=1S/C53H65NO3/c1-12-13-23-38(2)50(3,4)44-32-39(48(55)46(34-44)52(7,8)42-26-19-15-20-27-42)36-54(30-31-57-11)37-40-33-45(51(5,6)41-24-17-14-18-25-41)35-47(49(40)56)53(9,10)43-28-21-16-22-29-43/h12-29,32-35,55-56H,30-31,36-37H2,1-11H3/b13-12-,38-23+. The second kappa shape index (κ2) is 17.7. The van der Waals surface area contributed by atoms with Crippen LogP contribution in [0.4, 0.5) is 0 Å². The van der Waals surface area contributed by atoms with Gasteiger partial charge in [0, 0.05) is 70.7 Å². The van der Waals surface area contributed by atoms with Crippen LogP contribution in [0, 0.1) is 0 Å². The van der Waals surface area contributed by atoms with E-state index in [4.69, 9.17) is 4.74 Å². The van der Waals surface area contributed by atoms with Gasteiger partial charge in [0.15, 0.2) is 0 Å². The summed E-state index contributed by atoms with van der Waals surface area (Å²) in [6, 6.07) is 40.2. The molecule has 0 spiro atoms. The lowest BCUT2D eigenvalue weighted by molar-refractivity contribution is 0.138. The Balaban J connectivity index is 1.69. The summed E-state index contributed by atoms with van der Waals surface area (Å²) in [5.41, 5.74) is 8.85. The second-order valence-electron chi connectivity index (χ2n) is 17.7. The van der Waals surface area contributed by atoms with E-state index in [0.717, 1.165) is 44.5 Å². The Morgan fingerprint density at radius 1 is 0.579 bits per heavy atom. The number of aromatic hydroxyl groups is 2. The lowest BCUT2D eigenvalue weighted by Crippen LogP contribution is -2.29. The summed E-state index contributed by atoms with van der Waals surface area (Å²) in [6.07, 6.45) is 6.32. The highest BCUT2D eigenvalue weighted by molar-refractivity contribution is 5.56. The van der Waals surface area contributed by atoms with Crippen LogP contribution in [0.1, 0.15) is 119 Å². The third kappa shape index (κ3) is 9.30. The van der Waals surface area contributed by atoms with Crippen molar-refractivity contribution in [1.82, 2.24) is 4.90 Å². The third-order valence-electron chi connectivity index (χ3n) is 12.6. The average Bonchev–Trinajstić information content (AvgIpc) is 3.20. The molecule has 4 heteroatoms. The predicted octanol–water partition coefficient (Wildman–Crippen LogP) is 12.5. The number of rotatable bonds is 16. The molecule has 0 aliphatic rings. The first-order chi connectivity index (χ1) is 27.0. The Morgan fingerprint density at radius 3 is 1.40 bits per heavy atom. The summed E-state index contributed by atoms with van der Waals surface area (Å²) in [5.74, 6) is 0.601. The lowest BCUT2D eigenvalue weighted by Gasteiger charge is -2.34. The smallest absolute Gasteiger partial charge is 0.124 e. The maximum Gasteiger partial charge on any atom is 0.124 e. The highest BCUT2D eigenvalue weighted by Gasteiger charge is 2.34. The van der Waals surface area contributed by atoms with E-state index < -0.39 is 10.8 Å². The summed E-state index contributed by atoms with van der Waals surface area (Å²) in [6.45, 7) is 24.0. The average molecular weight is 764 g/mol. The molecule has 0 heterocycles. The van der Waals surface area contributed by atoms with Crippen LogP contribution in [0.15, 0.2) is 139 Å². The van der Waals surface area contributed by atoms with Crippen molar-refractivity contribution in [3.05, 3.63) is 189 Å². The van der Waals surface area contributed by atoms with Gasteiger partial charge in [-0.1, -0.05) is 182 Å². The van der Waals surface area contributed by atoms with E-state index >= 15 is 0 Å². The van der Waals surface area contributed by atoms with Crippen molar-refractivity contribution < 1.29 is 14.9 Å². The van der Waals surface area contributed by atoms with Crippen molar-refractivity contribution in [3.8, 4) is 11.5 Å². The van der Waals surface area contributed by atoms with Gasteiger partial charge in [-0.3, -0.25) is 4.90 Å². The molecule has 2 N–H and O–H groups in total. The summed E-state index contributed by atoms with van der Waals surface area (Å²) in [7, 11) is 1.72. The van der Waals surface area contributed by atoms with Gasteiger partial charge in [-0.05, 0) is 53.8 Å². The summed E-state index contributed by atoms with van der Waals surface area (Å²) >= 11 is 0. The number of methoxy groups -OCH3 is 1. The number of phenolic OH excluding ortho intramolecular Hbond substituents is 2. The molecule has 0 bridgehead atoms. The van der Waals surface area contributed by atoms with Gasteiger partial charge in [0.25, 0.3) is 0 Å². The van der Waals surface area contributed by atoms with E-state index in [1.54, 1.807) is 7.11 Å². The number of ether oxygens (including phenoxy) is 1. The molecule has 0 aliphatic carbocycles. The van der Waals surface area contributed by atoms with Crippen LogP contribution in [0.5, 0.6) is 11.5 Å². The van der Waals surface area contributed by atoms with Crippen LogP contribution in [0.25, 0.3) is 0 Å². The van der Waals surface area contributed by atoms with Gasteiger partial charge in [0.2, 0.25) is 0 Å². The van der Waals surface area contributed by atoms with Gasteiger partial charge in [0.1, 0.15) is 11.5 Å².